The average molecular weight is 368 g/mol. The molecule has 0 radical (unpaired) electrons. The van der Waals surface area contributed by atoms with Crippen LogP contribution in [0.2, 0.25) is 5.15 Å². The number of pyridine rings is 1. The fraction of sp³-hybridized carbons (Fsp3) is 0.150. The number of hydrogen-bond acceptors (Lipinski definition) is 4. The largest absolute Gasteiger partial charge is 0.462 e. The van der Waals surface area contributed by atoms with Crippen LogP contribution >= 0.6 is 11.6 Å². The van der Waals surface area contributed by atoms with Gasteiger partial charge in [-0.25, -0.2) is 4.79 Å². The Bertz CT molecular complexity index is 949. The Morgan fingerprint density at radius 2 is 2.04 bits per heavy atom. The summed E-state index contributed by atoms with van der Waals surface area (Å²) in [7, 11) is 1.78. The number of esters is 1. The zero-order valence-electron chi connectivity index (χ0n) is 14.5. The molecule has 0 aliphatic carbocycles. The van der Waals surface area contributed by atoms with Gasteiger partial charge in [0, 0.05) is 30.6 Å². The van der Waals surface area contributed by atoms with Gasteiger partial charge >= 0.3 is 5.97 Å². The Morgan fingerprint density at radius 3 is 2.77 bits per heavy atom. The van der Waals surface area contributed by atoms with Crippen molar-refractivity contribution < 1.29 is 9.53 Å². The van der Waals surface area contributed by atoms with E-state index >= 15 is 0 Å². The lowest BCUT2D eigenvalue weighted by Gasteiger charge is -2.05. The summed E-state index contributed by atoms with van der Waals surface area (Å²) in [6, 6.07) is 11.1. The van der Waals surface area contributed by atoms with Crippen LogP contribution in [-0.4, -0.2) is 27.3 Å². The Labute approximate surface area is 156 Å². The first-order valence-corrected chi connectivity index (χ1v) is 8.56. The zero-order valence-corrected chi connectivity index (χ0v) is 15.3. The van der Waals surface area contributed by atoms with Gasteiger partial charge < -0.3 is 4.74 Å². The van der Waals surface area contributed by atoms with Crippen LogP contribution in [0.1, 0.15) is 28.4 Å². The number of halogens is 1. The van der Waals surface area contributed by atoms with Crippen LogP contribution in [-0.2, 0) is 11.8 Å². The molecular formula is C20H18ClN3O2. The molecule has 3 rings (SSSR count). The molecule has 0 aliphatic heterocycles. The summed E-state index contributed by atoms with van der Waals surface area (Å²) in [6.45, 7) is 2.11. The number of rotatable bonds is 5. The highest BCUT2D eigenvalue weighted by Gasteiger charge is 2.15. The molecule has 0 spiro atoms. The van der Waals surface area contributed by atoms with E-state index in [1.54, 1.807) is 37.1 Å². The number of aryl methyl sites for hydroxylation is 1. The van der Waals surface area contributed by atoms with Crippen LogP contribution in [0.4, 0.5) is 0 Å². The Balaban J connectivity index is 2.02. The van der Waals surface area contributed by atoms with Crippen molar-refractivity contribution in [2.24, 2.45) is 7.05 Å². The molecule has 0 amide bonds. The summed E-state index contributed by atoms with van der Waals surface area (Å²) in [5.41, 5.74) is 3.63. The predicted octanol–water partition coefficient (Wildman–Crippen LogP) is 4.48. The van der Waals surface area contributed by atoms with E-state index in [4.69, 9.17) is 16.3 Å². The molecule has 0 saturated heterocycles. The smallest absolute Gasteiger partial charge is 0.338 e. The molecule has 2 heterocycles. The third-order valence-corrected chi connectivity index (χ3v) is 4.28. The van der Waals surface area contributed by atoms with Gasteiger partial charge in [0.1, 0.15) is 10.8 Å². The Hall–Kier alpha value is -2.92. The van der Waals surface area contributed by atoms with Crippen LogP contribution in [0.5, 0.6) is 0 Å². The van der Waals surface area contributed by atoms with Gasteiger partial charge in [-0.15, -0.1) is 0 Å². The zero-order chi connectivity index (χ0) is 18.5. The molecule has 0 N–H and O–H groups in total. The fourth-order valence-corrected chi connectivity index (χ4v) is 2.78. The summed E-state index contributed by atoms with van der Waals surface area (Å²) in [5.74, 6) is -0.350. The molecule has 0 atom stereocenters. The molecule has 0 saturated carbocycles. The summed E-state index contributed by atoms with van der Waals surface area (Å²) >= 11 is 6.42. The maximum absolute atomic E-state index is 12.1. The monoisotopic (exact) mass is 367 g/mol. The lowest BCUT2D eigenvalue weighted by molar-refractivity contribution is 0.0526. The minimum atomic E-state index is -0.350. The maximum Gasteiger partial charge on any atom is 0.338 e. The van der Waals surface area contributed by atoms with Crippen molar-refractivity contribution in [1.29, 1.82) is 0 Å². The Kier molecular flexibility index (Phi) is 5.49. The second-order valence-corrected chi connectivity index (χ2v) is 5.92. The fourth-order valence-electron chi connectivity index (χ4n) is 2.59. The second-order valence-electron chi connectivity index (χ2n) is 5.56. The van der Waals surface area contributed by atoms with E-state index in [1.807, 2.05) is 42.5 Å². The van der Waals surface area contributed by atoms with Gasteiger partial charge in [0.15, 0.2) is 0 Å². The molecule has 26 heavy (non-hydrogen) atoms. The van der Waals surface area contributed by atoms with E-state index < -0.39 is 0 Å². The van der Waals surface area contributed by atoms with Gasteiger partial charge in [-0.05, 0) is 36.8 Å². The number of carbonyl (C=O) groups is 1. The highest BCUT2D eigenvalue weighted by atomic mass is 35.5. The molecule has 3 aromatic rings. The molecule has 0 fully saturated rings. The van der Waals surface area contributed by atoms with E-state index in [1.165, 1.54) is 0 Å². The highest BCUT2D eigenvalue weighted by molar-refractivity contribution is 6.31. The number of benzene rings is 1. The third-order valence-electron chi connectivity index (χ3n) is 3.83. The van der Waals surface area contributed by atoms with E-state index in [0.29, 0.717) is 17.3 Å². The molecule has 0 unspecified atom stereocenters. The molecule has 6 heteroatoms. The minimum absolute atomic E-state index is 0.330. The van der Waals surface area contributed by atoms with Crippen LogP contribution in [0.3, 0.4) is 0 Å². The van der Waals surface area contributed by atoms with E-state index in [-0.39, 0.29) is 5.97 Å². The van der Waals surface area contributed by atoms with Gasteiger partial charge in [0.25, 0.3) is 0 Å². The van der Waals surface area contributed by atoms with Crippen LogP contribution in [0.15, 0.2) is 48.8 Å². The van der Waals surface area contributed by atoms with Gasteiger partial charge in [0.05, 0.1) is 12.2 Å². The van der Waals surface area contributed by atoms with Crippen molar-refractivity contribution in [1.82, 2.24) is 14.8 Å². The lowest BCUT2D eigenvalue weighted by Crippen LogP contribution is -2.06. The van der Waals surface area contributed by atoms with Crippen molar-refractivity contribution in [3.8, 4) is 11.3 Å². The summed E-state index contributed by atoms with van der Waals surface area (Å²) in [4.78, 5) is 16.3. The summed E-state index contributed by atoms with van der Waals surface area (Å²) in [6.07, 6.45) is 7.15. The maximum atomic E-state index is 12.1. The molecule has 1 aromatic carbocycles. The van der Waals surface area contributed by atoms with Crippen molar-refractivity contribution in [2.75, 3.05) is 6.61 Å². The van der Waals surface area contributed by atoms with Gasteiger partial charge in [-0.2, -0.15) is 5.10 Å². The molecule has 2 aromatic heterocycles. The molecule has 0 aliphatic rings. The van der Waals surface area contributed by atoms with Crippen molar-refractivity contribution in [3.05, 3.63) is 70.6 Å². The summed E-state index contributed by atoms with van der Waals surface area (Å²) < 4.78 is 6.73. The first kappa shape index (κ1) is 17.9. The first-order valence-electron chi connectivity index (χ1n) is 8.19. The van der Waals surface area contributed by atoms with E-state index in [0.717, 1.165) is 22.4 Å². The quantitative estimate of drug-likeness (QED) is 0.624. The van der Waals surface area contributed by atoms with E-state index in [2.05, 4.69) is 10.1 Å². The standard InChI is InChI=1S/C20H18ClN3O2/c1-3-26-20(25)16-9-5-4-7-14(16)10-11-17-18(23-24(2)19(17)21)15-8-6-12-22-13-15/h4-13H,3H2,1-2H3/b11-10+. The molecule has 5 nitrogen and oxygen atoms in total. The third kappa shape index (κ3) is 3.68. The average Bonchev–Trinajstić information content (AvgIpc) is 2.95. The number of carbonyl (C=O) groups excluding carboxylic acids is 1. The lowest BCUT2D eigenvalue weighted by atomic mass is 10.0. The van der Waals surface area contributed by atoms with Crippen molar-refractivity contribution in [3.63, 3.8) is 0 Å². The summed E-state index contributed by atoms with van der Waals surface area (Å²) in [5, 5.41) is 4.99. The normalized spacial score (nSPS) is 11.0. The van der Waals surface area contributed by atoms with Crippen molar-refractivity contribution in [2.45, 2.75) is 6.92 Å². The van der Waals surface area contributed by atoms with Crippen LogP contribution in [0, 0.1) is 0 Å². The predicted molar refractivity (Wildman–Crippen MR) is 103 cm³/mol. The SMILES string of the molecule is CCOC(=O)c1ccccc1/C=C/c1c(-c2cccnc2)nn(C)c1Cl. The van der Waals surface area contributed by atoms with E-state index in [9.17, 15) is 4.79 Å². The van der Waals surface area contributed by atoms with Gasteiger partial charge in [-0.1, -0.05) is 35.9 Å². The first-order chi connectivity index (χ1) is 12.6. The van der Waals surface area contributed by atoms with Crippen molar-refractivity contribution >= 4 is 29.7 Å². The number of ether oxygens (including phenoxy) is 1. The molecule has 0 bridgehead atoms. The van der Waals surface area contributed by atoms with Crippen LogP contribution in [0.25, 0.3) is 23.4 Å². The molecular weight excluding hydrogens is 350 g/mol. The van der Waals surface area contributed by atoms with Gasteiger partial charge in [0.2, 0.25) is 0 Å². The minimum Gasteiger partial charge on any atom is -0.462 e. The topological polar surface area (TPSA) is 57.0 Å². The Morgan fingerprint density at radius 1 is 1.23 bits per heavy atom. The number of nitrogens with zero attached hydrogens (tertiary/aromatic N) is 3. The second kappa shape index (κ2) is 7.97. The number of aromatic nitrogens is 3. The highest BCUT2D eigenvalue weighted by Crippen LogP contribution is 2.29. The number of hydrogen-bond donors (Lipinski definition) is 0. The van der Waals surface area contributed by atoms with Crippen LogP contribution < -0.4 is 0 Å². The van der Waals surface area contributed by atoms with Gasteiger partial charge in [-0.3, -0.25) is 9.67 Å². The molecule has 132 valence electrons.